The van der Waals surface area contributed by atoms with Gasteiger partial charge in [-0.05, 0) is 43.4 Å². The van der Waals surface area contributed by atoms with Gasteiger partial charge in [-0.1, -0.05) is 32.4 Å². The number of hydrogen-bond donors (Lipinski definition) is 2. The number of aliphatic hydroxyl groups is 1. The average Bonchev–Trinajstić information content (AvgIpc) is 2.36. The summed E-state index contributed by atoms with van der Waals surface area (Å²) in [6.45, 7) is 7.82. The molecule has 2 aliphatic rings. The van der Waals surface area contributed by atoms with Gasteiger partial charge in [0.1, 0.15) is 5.78 Å². The van der Waals surface area contributed by atoms with E-state index in [1.807, 2.05) is 13.8 Å². The minimum atomic E-state index is -0.924. The molecule has 2 rings (SSSR count). The molecule has 1 fully saturated rings. The van der Waals surface area contributed by atoms with E-state index in [1.165, 1.54) is 0 Å². The van der Waals surface area contributed by atoms with E-state index in [4.69, 9.17) is 0 Å². The lowest BCUT2D eigenvalue weighted by Crippen LogP contribution is -2.54. The fourth-order valence-electron chi connectivity index (χ4n) is 5.39. The van der Waals surface area contributed by atoms with Crippen LogP contribution in [0.3, 0.4) is 0 Å². The Labute approximate surface area is 132 Å². The molecule has 124 valence electrons. The number of hydrogen-bond acceptors (Lipinski definition) is 3. The highest BCUT2D eigenvalue weighted by atomic mass is 16.4. The summed E-state index contributed by atoms with van der Waals surface area (Å²) in [5.74, 6) is -0.581. The van der Waals surface area contributed by atoms with Crippen molar-refractivity contribution in [1.82, 2.24) is 0 Å². The molecule has 1 saturated carbocycles. The van der Waals surface area contributed by atoms with Crippen LogP contribution in [0.1, 0.15) is 47.0 Å². The summed E-state index contributed by atoms with van der Waals surface area (Å²) in [5, 5.41) is 18.9. The van der Waals surface area contributed by atoms with Gasteiger partial charge in [-0.3, -0.25) is 9.59 Å². The van der Waals surface area contributed by atoms with Crippen molar-refractivity contribution in [3.05, 3.63) is 11.6 Å². The molecule has 4 nitrogen and oxygen atoms in total. The van der Waals surface area contributed by atoms with Crippen LogP contribution in [0.25, 0.3) is 0 Å². The largest absolute Gasteiger partial charge is 0.481 e. The summed E-state index contributed by atoms with van der Waals surface area (Å²) in [5.41, 5.74) is -0.124. The van der Waals surface area contributed by atoms with Gasteiger partial charge in [0.2, 0.25) is 0 Å². The Balaban J connectivity index is 2.55. The second-order valence-electron chi connectivity index (χ2n) is 7.60. The lowest BCUT2D eigenvalue weighted by Gasteiger charge is -2.53. The molecule has 0 aliphatic heterocycles. The third-order valence-corrected chi connectivity index (χ3v) is 5.93. The molecule has 0 bridgehead atoms. The maximum atomic E-state index is 12.8. The van der Waals surface area contributed by atoms with Crippen molar-refractivity contribution in [1.29, 1.82) is 0 Å². The van der Waals surface area contributed by atoms with Crippen LogP contribution in [0.5, 0.6) is 0 Å². The molecule has 0 saturated heterocycles. The van der Waals surface area contributed by atoms with Crippen LogP contribution >= 0.6 is 0 Å². The van der Waals surface area contributed by atoms with Crippen LogP contribution in [0.4, 0.5) is 0 Å². The number of aliphatic hydroxyl groups excluding tert-OH is 1. The molecule has 0 radical (unpaired) electrons. The standard InChI is InChI=1S/C18H28O4/c1-10-7-11(2)15-13(8-10)9-12(3)16(17(21)22)18(15,4)14(20)5-6-19/h9-11,13,15-16,19H,5-8H2,1-4H3,(H,21,22)/t10?,11?,13-,15?,16-,18?/m0/s1. The van der Waals surface area contributed by atoms with Gasteiger partial charge >= 0.3 is 5.97 Å². The summed E-state index contributed by atoms with van der Waals surface area (Å²) >= 11 is 0. The summed E-state index contributed by atoms with van der Waals surface area (Å²) in [7, 11) is 0. The molecule has 0 aromatic heterocycles. The van der Waals surface area contributed by atoms with E-state index in [-0.39, 0.29) is 30.6 Å². The molecule has 4 heteroatoms. The number of Topliss-reactive ketones (excluding diaryl/α,β-unsaturated/α-hetero) is 1. The highest BCUT2D eigenvalue weighted by molar-refractivity contribution is 5.92. The summed E-state index contributed by atoms with van der Waals surface area (Å²) in [4.78, 5) is 24.7. The van der Waals surface area contributed by atoms with Gasteiger partial charge in [0.25, 0.3) is 0 Å². The normalized spacial score (nSPS) is 41.5. The molecule has 22 heavy (non-hydrogen) atoms. The summed E-state index contributed by atoms with van der Waals surface area (Å²) in [6, 6.07) is 0. The number of rotatable bonds is 4. The fraction of sp³-hybridized carbons (Fsp3) is 0.778. The molecule has 0 spiro atoms. The second-order valence-corrected chi connectivity index (χ2v) is 7.60. The van der Waals surface area contributed by atoms with Crippen molar-refractivity contribution in [3.8, 4) is 0 Å². The first-order valence-electron chi connectivity index (χ1n) is 8.28. The number of carbonyl (C=O) groups is 2. The monoisotopic (exact) mass is 308 g/mol. The number of fused-ring (bicyclic) bond motifs is 1. The Morgan fingerprint density at radius 2 is 1.95 bits per heavy atom. The fourth-order valence-corrected chi connectivity index (χ4v) is 5.39. The summed E-state index contributed by atoms with van der Waals surface area (Å²) < 4.78 is 0. The first-order valence-corrected chi connectivity index (χ1v) is 8.28. The molecule has 6 atom stereocenters. The van der Waals surface area contributed by atoms with Crippen LogP contribution < -0.4 is 0 Å². The van der Waals surface area contributed by atoms with Crippen molar-refractivity contribution >= 4 is 11.8 Å². The van der Waals surface area contributed by atoms with Gasteiger partial charge in [-0.15, -0.1) is 0 Å². The Morgan fingerprint density at radius 1 is 1.32 bits per heavy atom. The lowest BCUT2D eigenvalue weighted by atomic mass is 9.49. The highest BCUT2D eigenvalue weighted by Crippen LogP contribution is 2.56. The van der Waals surface area contributed by atoms with Gasteiger partial charge in [-0.2, -0.15) is 0 Å². The Hall–Kier alpha value is -1.16. The van der Waals surface area contributed by atoms with Gasteiger partial charge < -0.3 is 10.2 Å². The second kappa shape index (κ2) is 6.15. The number of allylic oxidation sites excluding steroid dienone is 1. The van der Waals surface area contributed by atoms with Crippen LogP contribution in [0, 0.1) is 35.0 Å². The average molecular weight is 308 g/mol. The summed E-state index contributed by atoms with van der Waals surface area (Å²) in [6.07, 6.45) is 4.19. The topological polar surface area (TPSA) is 74.6 Å². The van der Waals surface area contributed by atoms with Crippen molar-refractivity contribution in [2.75, 3.05) is 6.61 Å². The smallest absolute Gasteiger partial charge is 0.311 e. The Bertz CT molecular complexity index is 495. The SMILES string of the molecule is CC1=C[C@@H]2CC(C)CC(C)C2C(C)(C(=O)CCO)[C@@H]1C(=O)O. The van der Waals surface area contributed by atoms with E-state index in [9.17, 15) is 19.8 Å². The molecule has 0 aromatic rings. The zero-order chi connectivity index (χ0) is 16.7. The lowest BCUT2D eigenvalue weighted by molar-refractivity contribution is -0.158. The minimum Gasteiger partial charge on any atom is -0.481 e. The zero-order valence-electron chi connectivity index (χ0n) is 14.0. The zero-order valence-corrected chi connectivity index (χ0v) is 14.0. The Kier molecular flexibility index (Phi) is 4.81. The maximum Gasteiger partial charge on any atom is 0.311 e. The van der Waals surface area contributed by atoms with Crippen LogP contribution in [0.15, 0.2) is 11.6 Å². The Morgan fingerprint density at radius 3 is 2.50 bits per heavy atom. The quantitative estimate of drug-likeness (QED) is 0.783. The number of ketones is 1. The molecule has 0 amide bonds. The minimum absolute atomic E-state index is 0.0407. The number of carbonyl (C=O) groups excluding carboxylic acids is 1. The van der Waals surface area contributed by atoms with E-state index in [0.717, 1.165) is 18.4 Å². The predicted octanol–water partition coefficient (Wildman–Crippen LogP) is 2.90. The molecule has 2 aliphatic carbocycles. The molecule has 2 N–H and O–H groups in total. The van der Waals surface area contributed by atoms with E-state index >= 15 is 0 Å². The van der Waals surface area contributed by atoms with Crippen molar-refractivity contribution in [3.63, 3.8) is 0 Å². The third-order valence-electron chi connectivity index (χ3n) is 5.93. The first-order chi connectivity index (χ1) is 10.2. The maximum absolute atomic E-state index is 12.8. The number of aliphatic carboxylic acids is 1. The van der Waals surface area contributed by atoms with Crippen molar-refractivity contribution in [2.45, 2.75) is 47.0 Å². The molecule has 0 aromatic carbocycles. The third kappa shape index (κ3) is 2.62. The first kappa shape index (κ1) is 17.2. The van der Waals surface area contributed by atoms with Gasteiger partial charge in [0.15, 0.2) is 0 Å². The predicted molar refractivity (Wildman–Crippen MR) is 84.2 cm³/mol. The van der Waals surface area contributed by atoms with E-state index in [0.29, 0.717) is 11.8 Å². The van der Waals surface area contributed by atoms with Crippen LogP contribution in [0.2, 0.25) is 0 Å². The van der Waals surface area contributed by atoms with Gasteiger partial charge in [-0.25, -0.2) is 0 Å². The van der Waals surface area contributed by atoms with Crippen LogP contribution in [-0.4, -0.2) is 28.6 Å². The number of carboxylic acid groups (broad SMARTS) is 1. The highest BCUT2D eigenvalue weighted by Gasteiger charge is 2.57. The van der Waals surface area contributed by atoms with Crippen LogP contribution in [-0.2, 0) is 9.59 Å². The molecule has 4 unspecified atom stereocenters. The van der Waals surface area contributed by atoms with Crippen molar-refractivity contribution in [2.24, 2.45) is 35.0 Å². The van der Waals surface area contributed by atoms with Gasteiger partial charge in [0.05, 0.1) is 5.92 Å². The number of carboxylic acids is 1. The molecule has 0 heterocycles. The van der Waals surface area contributed by atoms with Crippen molar-refractivity contribution < 1.29 is 19.8 Å². The van der Waals surface area contributed by atoms with E-state index in [2.05, 4.69) is 19.9 Å². The van der Waals surface area contributed by atoms with E-state index < -0.39 is 17.3 Å². The molecular formula is C18H28O4. The molecular weight excluding hydrogens is 280 g/mol. The van der Waals surface area contributed by atoms with Gasteiger partial charge in [0, 0.05) is 18.4 Å². The van der Waals surface area contributed by atoms with E-state index in [1.54, 1.807) is 0 Å².